The molecule has 0 atom stereocenters. The first-order chi connectivity index (χ1) is 11.0. The molecule has 2 aliphatic carbocycles. The van der Waals surface area contributed by atoms with Crippen molar-refractivity contribution in [1.82, 2.24) is 10.6 Å². The third kappa shape index (κ3) is 4.31. The van der Waals surface area contributed by atoms with E-state index in [2.05, 4.69) is 16.0 Å². The van der Waals surface area contributed by atoms with Crippen LogP contribution in [0.25, 0.3) is 0 Å². The van der Waals surface area contributed by atoms with Crippen LogP contribution in [-0.2, 0) is 9.59 Å². The number of amides is 3. The molecule has 3 amide bonds. The van der Waals surface area contributed by atoms with E-state index in [1.165, 1.54) is 11.3 Å². The number of nitrogens with one attached hydrogen (secondary N) is 3. The fraction of sp³-hybridized carbons (Fsp3) is 0.562. The number of thiophene rings is 1. The molecule has 2 fully saturated rings. The molecule has 3 rings (SSSR count). The normalized spacial score (nSPS) is 16.7. The lowest BCUT2D eigenvalue weighted by molar-refractivity contribution is -0.122. The van der Waals surface area contributed by atoms with Gasteiger partial charge in [-0.15, -0.1) is 11.3 Å². The molecule has 0 spiro atoms. The Morgan fingerprint density at radius 3 is 2.30 bits per heavy atom. The van der Waals surface area contributed by atoms with Crippen molar-refractivity contribution >= 4 is 34.1 Å². The number of rotatable bonds is 7. The number of anilines is 1. The number of hydrogen-bond acceptors (Lipinski definition) is 4. The highest BCUT2D eigenvalue weighted by atomic mass is 32.1. The van der Waals surface area contributed by atoms with Crippen LogP contribution >= 0.6 is 11.3 Å². The van der Waals surface area contributed by atoms with Crippen LogP contribution in [0.15, 0.2) is 6.07 Å². The lowest BCUT2D eigenvalue weighted by atomic mass is 10.2. The zero-order valence-corrected chi connectivity index (χ0v) is 13.9. The van der Waals surface area contributed by atoms with Gasteiger partial charge < -0.3 is 16.0 Å². The summed E-state index contributed by atoms with van der Waals surface area (Å²) < 4.78 is 0. The van der Waals surface area contributed by atoms with Crippen molar-refractivity contribution < 1.29 is 14.4 Å². The van der Waals surface area contributed by atoms with E-state index in [1.54, 1.807) is 0 Å². The molecule has 0 bridgehead atoms. The van der Waals surface area contributed by atoms with Crippen LogP contribution in [0, 0.1) is 18.8 Å². The van der Waals surface area contributed by atoms with Crippen molar-refractivity contribution in [2.24, 2.45) is 11.8 Å². The minimum Gasteiger partial charge on any atom is -0.354 e. The average molecular weight is 335 g/mol. The summed E-state index contributed by atoms with van der Waals surface area (Å²) in [5, 5.41) is 9.19. The van der Waals surface area contributed by atoms with Crippen molar-refractivity contribution in [3.05, 3.63) is 16.5 Å². The largest absolute Gasteiger partial charge is 0.354 e. The summed E-state index contributed by atoms with van der Waals surface area (Å²) in [5.74, 6) is 0.283. The Kier molecular flexibility index (Phi) is 4.66. The van der Waals surface area contributed by atoms with Gasteiger partial charge in [0, 0.05) is 24.9 Å². The average Bonchev–Trinajstić information content (AvgIpc) is 3.39. The van der Waals surface area contributed by atoms with E-state index >= 15 is 0 Å². The number of carbonyl (C=O) groups excluding carboxylic acids is 3. The van der Waals surface area contributed by atoms with Crippen LogP contribution in [0.4, 0.5) is 5.00 Å². The highest BCUT2D eigenvalue weighted by Gasteiger charge is 2.30. The van der Waals surface area contributed by atoms with E-state index in [9.17, 15) is 14.4 Å². The Balaban J connectivity index is 1.45. The molecular formula is C16H21N3O3S. The van der Waals surface area contributed by atoms with Gasteiger partial charge in [0.25, 0.3) is 5.91 Å². The Morgan fingerprint density at radius 1 is 1.04 bits per heavy atom. The molecule has 23 heavy (non-hydrogen) atoms. The van der Waals surface area contributed by atoms with Crippen LogP contribution in [-0.4, -0.2) is 30.8 Å². The van der Waals surface area contributed by atoms with E-state index in [0.29, 0.717) is 23.0 Å². The predicted octanol–water partition coefficient (Wildman–Crippen LogP) is 1.66. The van der Waals surface area contributed by atoms with E-state index in [-0.39, 0.29) is 29.6 Å². The van der Waals surface area contributed by atoms with Crippen molar-refractivity contribution in [3.8, 4) is 0 Å². The van der Waals surface area contributed by atoms with Gasteiger partial charge in [-0.25, -0.2) is 0 Å². The van der Waals surface area contributed by atoms with Crippen LogP contribution < -0.4 is 16.0 Å². The maximum Gasteiger partial charge on any atom is 0.261 e. The molecule has 1 aromatic heterocycles. The van der Waals surface area contributed by atoms with E-state index in [1.807, 2.05) is 13.0 Å². The fourth-order valence-electron chi connectivity index (χ4n) is 2.27. The van der Waals surface area contributed by atoms with E-state index in [4.69, 9.17) is 0 Å². The summed E-state index contributed by atoms with van der Waals surface area (Å²) in [6.07, 6.45) is 3.86. The monoisotopic (exact) mass is 335 g/mol. The summed E-state index contributed by atoms with van der Waals surface area (Å²) in [5.41, 5.74) is 0.848. The zero-order chi connectivity index (χ0) is 16.4. The standard InChI is InChI=1S/C16H21N3O3S/c1-9-8-12(19-15(21)11-4-5-11)23-13(9)16(22)18-7-6-17-14(20)10-2-3-10/h8,10-11H,2-7H2,1H3,(H,17,20)(H,18,22)(H,19,21). The molecule has 2 saturated carbocycles. The zero-order valence-electron chi connectivity index (χ0n) is 13.1. The Bertz CT molecular complexity index is 633. The first-order valence-electron chi connectivity index (χ1n) is 8.02. The Labute approximate surface area is 139 Å². The second-order valence-electron chi connectivity index (χ2n) is 6.21. The predicted molar refractivity (Wildman–Crippen MR) is 88.5 cm³/mol. The summed E-state index contributed by atoms with van der Waals surface area (Å²) in [7, 11) is 0. The van der Waals surface area contributed by atoms with Gasteiger partial charge in [-0.3, -0.25) is 14.4 Å². The highest BCUT2D eigenvalue weighted by molar-refractivity contribution is 7.18. The molecule has 0 aromatic carbocycles. The van der Waals surface area contributed by atoms with Crippen molar-refractivity contribution in [1.29, 1.82) is 0 Å². The molecule has 0 radical (unpaired) electrons. The minimum absolute atomic E-state index is 0.0426. The summed E-state index contributed by atoms with van der Waals surface area (Å²) >= 11 is 1.29. The quantitative estimate of drug-likeness (QED) is 0.662. The third-order valence-corrected chi connectivity index (χ3v) is 5.13. The number of aryl methyl sites for hydroxylation is 1. The van der Waals surface area contributed by atoms with Crippen LogP contribution in [0.2, 0.25) is 0 Å². The Hall–Kier alpha value is -1.89. The lowest BCUT2D eigenvalue weighted by Gasteiger charge is -2.06. The highest BCUT2D eigenvalue weighted by Crippen LogP contribution is 2.32. The molecule has 124 valence electrons. The van der Waals surface area contributed by atoms with Gasteiger partial charge in [-0.2, -0.15) is 0 Å². The van der Waals surface area contributed by atoms with E-state index < -0.39 is 0 Å². The molecule has 0 saturated heterocycles. The molecule has 3 N–H and O–H groups in total. The number of hydrogen-bond donors (Lipinski definition) is 3. The van der Waals surface area contributed by atoms with Gasteiger partial charge in [-0.1, -0.05) is 0 Å². The third-order valence-electron chi connectivity index (χ3n) is 3.98. The molecule has 7 heteroatoms. The minimum atomic E-state index is -0.167. The number of carbonyl (C=O) groups is 3. The van der Waals surface area contributed by atoms with Gasteiger partial charge in [0.05, 0.1) is 9.88 Å². The molecule has 6 nitrogen and oxygen atoms in total. The van der Waals surface area contributed by atoms with Crippen molar-refractivity contribution in [2.45, 2.75) is 32.6 Å². The summed E-state index contributed by atoms with van der Waals surface area (Å²) in [6.45, 7) is 2.70. The van der Waals surface area contributed by atoms with Gasteiger partial charge in [0.15, 0.2) is 0 Å². The SMILES string of the molecule is Cc1cc(NC(=O)C2CC2)sc1C(=O)NCCNC(=O)C1CC1. The fourth-order valence-corrected chi connectivity index (χ4v) is 3.26. The van der Waals surface area contributed by atoms with Crippen molar-refractivity contribution in [2.75, 3.05) is 18.4 Å². The van der Waals surface area contributed by atoms with Crippen LogP contribution in [0.5, 0.6) is 0 Å². The summed E-state index contributed by atoms with van der Waals surface area (Å²) in [6, 6.07) is 1.83. The molecule has 0 aliphatic heterocycles. The maximum absolute atomic E-state index is 12.2. The Morgan fingerprint density at radius 2 is 1.65 bits per heavy atom. The van der Waals surface area contributed by atoms with Crippen LogP contribution in [0.3, 0.4) is 0 Å². The smallest absolute Gasteiger partial charge is 0.261 e. The van der Waals surface area contributed by atoms with Crippen LogP contribution in [0.1, 0.15) is 40.9 Å². The molecule has 2 aliphatic rings. The first kappa shape index (κ1) is 16.0. The van der Waals surface area contributed by atoms with Gasteiger partial charge in [-0.05, 0) is 44.2 Å². The molecule has 0 unspecified atom stereocenters. The van der Waals surface area contributed by atoms with Gasteiger partial charge in [0.1, 0.15) is 0 Å². The molecule has 1 aromatic rings. The second-order valence-corrected chi connectivity index (χ2v) is 7.26. The second kappa shape index (κ2) is 6.70. The topological polar surface area (TPSA) is 87.3 Å². The first-order valence-corrected chi connectivity index (χ1v) is 8.83. The van der Waals surface area contributed by atoms with E-state index in [0.717, 1.165) is 31.2 Å². The molecular weight excluding hydrogens is 314 g/mol. The summed E-state index contributed by atoms with van der Waals surface area (Å²) in [4.78, 5) is 36.0. The molecule has 1 heterocycles. The van der Waals surface area contributed by atoms with Gasteiger partial charge >= 0.3 is 0 Å². The lowest BCUT2D eigenvalue weighted by Crippen LogP contribution is -2.35. The van der Waals surface area contributed by atoms with Crippen molar-refractivity contribution in [3.63, 3.8) is 0 Å². The maximum atomic E-state index is 12.2. The van der Waals surface area contributed by atoms with Gasteiger partial charge in [0.2, 0.25) is 11.8 Å².